The largest absolute Gasteiger partial charge is 0.360 e. The van der Waals surface area contributed by atoms with Gasteiger partial charge < -0.3 is 9.09 Å². The number of benzene rings is 1. The predicted octanol–water partition coefficient (Wildman–Crippen LogP) is 5.02. The summed E-state index contributed by atoms with van der Waals surface area (Å²) >= 11 is 6.56. The molecule has 3 aromatic rings. The van der Waals surface area contributed by atoms with E-state index in [-0.39, 0.29) is 29.3 Å². The van der Waals surface area contributed by atoms with Crippen molar-refractivity contribution < 1.29 is 14.1 Å². The number of halogens is 1. The number of carbonyl (C=O) groups excluding carboxylic acids is 2. The fraction of sp³-hybridized carbons (Fsp3) is 0.333. The highest BCUT2D eigenvalue weighted by molar-refractivity contribution is 6.37. The van der Waals surface area contributed by atoms with Crippen LogP contribution in [0.4, 0.5) is 0 Å². The van der Waals surface area contributed by atoms with Gasteiger partial charge in [0.2, 0.25) is 0 Å². The van der Waals surface area contributed by atoms with Crippen molar-refractivity contribution in [3.8, 4) is 0 Å². The van der Waals surface area contributed by atoms with Gasteiger partial charge in [0.1, 0.15) is 16.7 Å². The minimum absolute atomic E-state index is 0.0844. The first kappa shape index (κ1) is 22.0. The predicted molar refractivity (Wildman–Crippen MR) is 133 cm³/mol. The molecule has 2 aromatic heterocycles. The Morgan fingerprint density at radius 3 is 2.89 bits per heavy atom. The van der Waals surface area contributed by atoms with Crippen molar-refractivity contribution in [2.24, 2.45) is 5.92 Å². The highest BCUT2D eigenvalue weighted by Gasteiger charge is 2.35. The summed E-state index contributed by atoms with van der Waals surface area (Å²) in [5.74, 6) is 0.0805. The van der Waals surface area contributed by atoms with Gasteiger partial charge in [0.05, 0.1) is 10.5 Å². The summed E-state index contributed by atoms with van der Waals surface area (Å²) < 4.78 is 7.20. The Kier molecular flexibility index (Phi) is 5.25. The quantitative estimate of drug-likeness (QED) is 0.482. The number of nitrogens with zero attached hydrogens (tertiary/aromatic N) is 3. The van der Waals surface area contributed by atoms with E-state index in [9.17, 15) is 14.4 Å². The zero-order chi connectivity index (χ0) is 24.3. The Labute approximate surface area is 206 Å². The molecule has 6 rings (SSSR count). The first-order valence-electron chi connectivity index (χ1n) is 12.0. The number of rotatable bonds is 3. The first-order chi connectivity index (χ1) is 16.9. The third-order valence-corrected chi connectivity index (χ3v) is 7.78. The summed E-state index contributed by atoms with van der Waals surface area (Å²) in [5.41, 5.74) is 2.46. The van der Waals surface area contributed by atoms with Crippen molar-refractivity contribution >= 4 is 45.2 Å². The number of fused-ring (bicyclic) bond motifs is 4. The maximum atomic E-state index is 13.7. The maximum absolute atomic E-state index is 13.7. The van der Waals surface area contributed by atoms with Crippen molar-refractivity contribution in [2.75, 3.05) is 6.54 Å². The van der Waals surface area contributed by atoms with Crippen molar-refractivity contribution in [1.29, 1.82) is 0 Å². The lowest BCUT2D eigenvalue weighted by molar-refractivity contribution is -0.141. The minimum atomic E-state index is -0.254. The van der Waals surface area contributed by atoms with Crippen LogP contribution in [0.2, 0.25) is 5.02 Å². The molecule has 178 valence electrons. The summed E-state index contributed by atoms with van der Waals surface area (Å²) in [7, 11) is 0. The Morgan fingerprint density at radius 1 is 1.17 bits per heavy atom. The van der Waals surface area contributed by atoms with Crippen molar-refractivity contribution in [2.45, 2.75) is 45.1 Å². The molecule has 2 atom stereocenters. The molecule has 0 unspecified atom stereocenters. The third kappa shape index (κ3) is 3.48. The fourth-order valence-corrected chi connectivity index (χ4v) is 6.08. The van der Waals surface area contributed by atoms with Crippen LogP contribution >= 0.6 is 11.6 Å². The molecule has 3 aliphatic rings. The Balaban J connectivity index is 1.36. The van der Waals surface area contributed by atoms with Gasteiger partial charge in [-0.2, -0.15) is 0 Å². The molecule has 8 heteroatoms. The zero-order valence-electron chi connectivity index (χ0n) is 19.3. The van der Waals surface area contributed by atoms with E-state index in [1.807, 2.05) is 28.9 Å². The Hall–Kier alpha value is -3.45. The number of pyridine rings is 1. The van der Waals surface area contributed by atoms with E-state index >= 15 is 0 Å². The lowest BCUT2D eigenvalue weighted by Crippen LogP contribution is -2.44. The van der Waals surface area contributed by atoms with Gasteiger partial charge >= 0.3 is 0 Å². The molecule has 7 nitrogen and oxygen atoms in total. The van der Waals surface area contributed by atoms with Gasteiger partial charge in [-0.1, -0.05) is 41.4 Å². The second-order valence-electron chi connectivity index (χ2n) is 9.59. The molecule has 1 saturated carbocycles. The van der Waals surface area contributed by atoms with E-state index in [0.29, 0.717) is 52.0 Å². The molecular weight excluding hydrogens is 466 g/mol. The standard InChI is InChI=1S/C27H24ClN3O4/c1-15-23-25(29-35-15)24-20(28)10-5-11-21(24)31(27(23)34)18-8-4-6-16(12-18)14-30-22(32)13-17-7-2-3-9-19(17)26(30)33/h2-3,5,9-11,13,16,18H,4,6-8,12,14H2,1H3/t16-,18+/m1/s1. The summed E-state index contributed by atoms with van der Waals surface area (Å²) in [6.07, 6.45) is 11.1. The van der Waals surface area contributed by atoms with Gasteiger partial charge in [-0.05, 0) is 62.3 Å². The number of aromatic nitrogens is 2. The van der Waals surface area contributed by atoms with E-state index < -0.39 is 0 Å². The van der Waals surface area contributed by atoms with Gasteiger partial charge in [0.25, 0.3) is 17.4 Å². The molecule has 0 spiro atoms. The average molecular weight is 490 g/mol. The van der Waals surface area contributed by atoms with Crippen LogP contribution in [-0.2, 0) is 9.59 Å². The molecule has 1 fully saturated rings. The van der Waals surface area contributed by atoms with Crippen LogP contribution < -0.4 is 5.56 Å². The van der Waals surface area contributed by atoms with E-state index in [2.05, 4.69) is 5.16 Å². The second kappa shape index (κ2) is 8.34. The van der Waals surface area contributed by atoms with Crippen LogP contribution in [-0.4, -0.2) is 33.0 Å². The van der Waals surface area contributed by atoms with Crippen LogP contribution in [0.3, 0.4) is 0 Å². The summed E-state index contributed by atoms with van der Waals surface area (Å²) in [4.78, 5) is 40.9. The molecule has 2 aliphatic carbocycles. The summed E-state index contributed by atoms with van der Waals surface area (Å²) in [6.45, 7) is 2.08. The number of hydrogen-bond acceptors (Lipinski definition) is 5. The van der Waals surface area contributed by atoms with Crippen LogP contribution in [0, 0.1) is 12.8 Å². The van der Waals surface area contributed by atoms with Crippen molar-refractivity contribution in [1.82, 2.24) is 14.6 Å². The monoisotopic (exact) mass is 489 g/mol. The number of carbonyl (C=O) groups is 2. The molecule has 0 bridgehead atoms. The van der Waals surface area contributed by atoms with E-state index in [4.69, 9.17) is 16.1 Å². The van der Waals surface area contributed by atoms with Gasteiger partial charge in [-0.3, -0.25) is 19.3 Å². The number of allylic oxidation sites excluding steroid dienone is 3. The number of hydrogen-bond donors (Lipinski definition) is 0. The van der Waals surface area contributed by atoms with Crippen LogP contribution in [0.5, 0.6) is 0 Å². The smallest absolute Gasteiger partial charge is 0.264 e. The number of amides is 2. The topological polar surface area (TPSA) is 85.4 Å². The van der Waals surface area contributed by atoms with E-state index in [1.54, 1.807) is 25.1 Å². The third-order valence-electron chi connectivity index (χ3n) is 7.47. The number of aryl methyl sites for hydroxylation is 1. The SMILES string of the molecule is Cc1onc2c1c(=O)n([C@H]1CCC[C@@H](CN3C(=O)C=C4CC=CC=C4C3=O)C1)c1cccc(Cl)c21. The first-order valence-corrected chi connectivity index (χ1v) is 12.3. The highest BCUT2D eigenvalue weighted by atomic mass is 35.5. The Morgan fingerprint density at radius 2 is 2.03 bits per heavy atom. The molecule has 1 aliphatic heterocycles. The highest BCUT2D eigenvalue weighted by Crippen LogP contribution is 2.38. The molecule has 0 radical (unpaired) electrons. The lowest BCUT2D eigenvalue weighted by Gasteiger charge is -2.35. The molecule has 0 saturated heterocycles. The van der Waals surface area contributed by atoms with Gasteiger partial charge in [-0.25, -0.2) is 0 Å². The van der Waals surface area contributed by atoms with Crippen molar-refractivity contribution in [3.63, 3.8) is 0 Å². The molecule has 1 aromatic carbocycles. The molecular formula is C27H24ClN3O4. The Bertz CT molecular complexity index is 1560. The van der Waals surface area contributed by atoms with E-state index in [0.717, 1.165) is 30.4 Å². The van der Waals surface area contributed by atoms with Gasteiger partial charge in [-0.15, -0.1) is 0 Å². The molecule has 0 N–H and O–H groups in total. The zero-order valence-corrected chi connectivity index (χ0v) is 20.0. The molecule has 2 amide bonds. The van der Waals surface area contributed by atoms with Gasteiger partial charge in [0.15, 0.2) is 0 Å². The summed E-state index contributed by atoms with van der Waals surface area (Å²) in [6, 6.07) is 5.43. The summed E-state index contributed by atoms with van der Waals surface area (Å²) in [5, 5.41) is 5.80. The van der Waals surface area contributed by atoms with Crippen molar-refractivity contribution in [3.05, 3.63) is 74.8 Å². The lowest BCUT2D eigenvalue weighted by atomic mass is 9.84. The van der Waals surface area contributed by atoms with Gasteiger partial charge in [0, 0.05) is 29.6 Å². The molecule has 35 heavy (non-hydrogen) atoms. The minimum Gasteiger partial charge on any atom is -0.360 e. The average Bonchev–Trinajstić information content (AvgIpc) is 3.24. The second-order valence-corrected chi connectivity index (χ2v) is 10.0. The molecule has 3 heterocycles. The normalized spacial score (nSPS) is 22.5. The van der Waals surface area contributed by atoms with Crippen LogP contribution in [0.1, 0.15) is 43.9 Å². The maximum Gasteiger partial charge on any atom is 0.264 e. The van der Waals surface area contributed by atoms with E-state index in [1.165, 1.54) is 4.90 Å². The fourth-order valence-electron chi connectivity index (χ4n) is 5.82. The van der Waals surface area contributed by atoms with Crippen LogP contribution in [0.25, 0.3) is 21.8 Å². The number of imide groups is 1. The van der Waals surface area contributed by atoms with Crippen LogP contribution in [0.15, 0.2) is 63.0 Å².